The van der Waals surface area contributed by atoms with Crippen molar-refractivity contribution < 1.29 is 19.1 Å². The van der Waals surface area contributed by atoms with Crippen LogP contribution >= 0.6 is 15.9 Å². The maximum absolute atomic E-state index is 13.0. The number of pyridine rings is 1. The number of Topliss-reactive ketones (excluding diaryl/α,β-unsaturated/α-hetero) is 1. The van der Waals surface area contributed by atoms with Crippen molar-refractivity contribution in [2.24, 2.45) is 0 Å². The second-order valence-corrected chi connectivity index (χ2v) is 6.83. The number of hydrogen-bond acceptors (Lipinski definition) is 5. The number of furan rings is 1. The van der Waals surface area contributed by atoms with E-state index in [-0.39, 0.29) is 11.3 Å². The number of nitrogens with zero attached hydrogens (tertiary/aromatic N) is 2. The van der Waals surface area contributed by atoms with Gasteiger partial charge in [0.05, 0.1) is 17.9 Å². The van der Waals surface area contributed by atoms with E-state index in [1.54, 1.807) is 48.8 Å². The third kappa shape index (κ3) is 2.96. The molecule has 4 rings (SSSR count). The smallest absolute Gasteiger partial charge is 0.294 e. The van der Waals surface area contributed by atoms with Gasteiger partial charge in [-0.15, -0.1) is 0 Å². The maximum Gasteiger partial charge on any atom is 0.294 e. The number of carbonyl (C=O) groups is 2. The average Bonchev–Trinajstić information content (AvgIpc) is 3.30. The monoisotopic (exact) mass is 424 g/mol. The Morgan fingerprint density at radius 3 is 2.70 bits per heavy atom. The zero-order valence-corrected chi connectivity index (χ0v) is 15.5. The van der Waals surface area contributed by atoms with E-state index in [2.05, 4.69) is 20.9 Å². The molecule has 0 spiro atoms. The summed E-state index contributed by atoms with van der Waals surface area (Å²) in [4.78, 5) is 31.3. The topological polar surface area (TPSA) is 83.6 Å². The highest BCUT2D eigenvalue weighted by Gasteiger charge is 2.45. The molecule has 134 valence electrons. The first-order chi connectivity index (χ1) is 13.1. The number of aliphatic hydroxyl groups is 1. The Balaban J connectivity index is 1.89. The highest BCUT2D eigenvalue weighted by atomic mass is 79.9. The Hall–Kier alpha value is -3.19. The summed E-state index contributed by atoms with van der Waals surface area (Å²) in [7, 11) is 0. The van der Waals surface area contributed by atoms with Crippen molar-refractivity contribution in [1.82, 2.24) is 4.98 Å². The van der Waals surface area contributed by atoms with Gasteiger partial charge in [0, 0.05) is 22.6 Å². The molecule has 1 aromatic carbocycles. The van der Waals surface area contributed by atoms with E-state index in [1.807, 2.05) is 6.07 Å². The SMILES string of the molecule is O=C(C1=C(O)C(=O)N(c2cccc(Br)c2)C1c1cccnc1)c1ccco1. The maximum atomic E-state index is 13.0. The van der Waals surface area contributed by atoms with Crippen LogP contribution in [0.2, 0.25) is 0 Å². The number of aromatic nitrogens is 1. The Bertz CT molecular complexity index is 1040. The van der Waals surface area contributed by atoms with Gasteiger partial charge < -0.3 is 9.52 Å². The van der Waals surface area contributed by atoms with Gasteiger partial charge in [-0.2, -0.15) is 0 Å². The van der Waals surface area contributed by atoms with Crippen molar-refractivity contribution >= 4 is 33.3 Å². The molecule has 0 bridgehead atoms. The molecule has 0 aliphatic carbocycles. The first-order valence-electron chi connectivity index (χ1n) is 8.08. The highest BCUT2D eigenvalue weighted by Crippen LogP contribution is 2.42. The molecule has 7 heteroatoms. The van der Waals surface area contributed by atoms with Gasteiger partial charge in [0.25, 0.3) is 5.91 Å². The summed E-state index contributed by atoms with van der Waals surface area (Å²) >= 11 is 3.39. The quantitative estimate of drug-likeness (QED) is 0.633. The third-order valence-corrected chi connectivity index (χ3v) is 4.78. The van der Waals surface area contributed by atoms with Gasteiger partial charge in [-0.1, -0.05) is 28.1 Å². The van der Waals surface area contributed by atoms with E-state index in [0.717, 1.165) is 4.47 Å². The summed E-state index contributed by atoms with van der Waals surface area (Å²) in [6.45, 7) is 0. The summed E-state index contributed by atoms with van der Waals surface area (Å²) < 4.78 is 5.95. The third-order valence-electron chi connectivity index (χ3n) is 4.28. The number of carbonyl (C=O) groups excluding carboxylic acids is 2. The normalized spacial score (nSPS) is 16.9. The van der Waals surface area contributed by atoms with E-state index >= 15 is 0 Å². The molecule has 6 nitrogen and oxygen atoms in total. The molecule has 0 saturated heterocycles. The fourth-order valence-electron chi connectivity index (χ4n) is 3.12. The Kier molecular flexibility index (Phi) is 4.37. The number of halogens is 1. The summed E-state index contributed by atoms with van der Waals surface area (Å²) in [5.41, 5.74) is 1.10. The molecular weight excluding hydrogens is 412 g/mol. The van der Waals surface area contributed by atoms with E-state index in [9.17, 15) is 14.7 Å². The minimum Gasteiger partial charge on any atom is -0.503 e. The van der Waals surface area contributed by atoms with Gasteiger partial charge in [0.2, 0.25) is 5.78 Å². The molecule has 1 aliphatic heterocycles. The second kappa shape index (κ2) is 6.85. The van der Waals surface area contributed by atoms with Crippen LogP contribution in [0.15, 0.2) is 87.4 Å². The minimum atomic E-state index is -0.821. The lowest BCUT2D eigenvalue weighted by Gasteiger charge is -2.26. The number of benzene rings is 1. The predicted molar refractivity (Wildman–Crippen MR) is 101 cm³/mol. The molecule has 27 heavy (non-hydrogen) atoms. The van der Waals surface area contributed by atoms with Crippen LogP contribution in [0.1, 0.15) is 22.2 Å². The Morgan fingerprint density at radius 1 is 1.19 bits per heavy atom. The van der Waals surface area contributed by atoms with Gasteiger partial charge in [-0.05, 0) is 42.0 Å². The zero-order valence-electron chi connectivity index (χ0n) is 13.9. The molecule has 0 fully saturated rings. The van der Waals surface area contributed by atoms with Crippen LogP contribution in [0.25, 0.3) is 0 Å². The molecule has 2 aromatic heterocycles. The number of hydrogen-bond donors (Lipinski definition) is 1. The fraction of sp³-hybridized carbons (Fsp3) is 0.0500. The summed E-state index contributed by atoms with van der Waals surface area (Å²) in [5.74, 6) is -1.74. The summed E-state index contributed by atoms with van der Waals surface area (Å²) in [6.07, 6.45) is 4.53. The largest absolute Gasteiger partial charge is 0.503 e. The van der Waals surface area contributed by atoms with Gasteiger partial charge in [-0.3, -0.25) is 19.5 Å². The fourth-order valence-corrected chi connectivity index (χ4v) is 3.51. The molecule has 1 aliphatic rings. The number of amides is 1. The van der Waals surface area contributed by atoms with E-state index in [4.69, 9.17) is 4.42 Å². The lowest BCUT2D eigenvalue weighted by Crippen LogP contribution is -2.31. The van der Waals surface area contributed by atoms with Crippen molar-refractivity contribution in [3.05, 3.63) is 94.3 Å². The molecule has 1 atom stereocenters. The first-order valence-corrected chi connectivity index (χ1v) is 8.87. The Morgan fingerprint density at radius 2 is 2.04 bits per heavy atom. The van der Waals surface area contributed by atoms with Gasteiger partial charge in [0.15, 0.2) is 11.5 Å². The number of anilines is 1. The molecule has 3 aromatic rings. The van der Waals surface area contributed by atoms with Crippen LogP contribution in [-0.4, -0.2) is 21.8 Å². The van der Waals surface area contributed by atoms with Crippen molar-refractivity contribution in [3.8, 4) is 0 Å². The van der Waals surface area contributed by atoms with Crippen molar-refractivity contribution in [2.75, 3.05) is 4.90 Å². The number of rotatable bonds is 4. The van der Waals surface area contributed by atoms with Crippen LogP contribution in [0, 0.1) is 0 Å². The van der Waals surface area contributed by atoms with Crippen molar-refractivity contribution in [3.63, 3.8) is 0 Å². The molecule has 0 saturated carbocycles. The van der Waals surface area contributed by atoms with Crippen LogP contribution in [0.5, 0.6) is 0 Å². The van der Waals surface area contributed by atoms with Crippen LogP contribution in [-0.2, 0) is 4.79 Å². The zero-order chi connectivity index (χ0) is 19.0. The molecule has 1 amide bonds. The van der Waals surface area contributed by atoms with Gasteiger partial charge >= 0.3 is 0 Å². The van der Waals surface area contributed by atoms with E-state index in [1.165, 1.54) is 17.2 Å². The molecule has 1 unspecified atom stereocenters. The standard InChI is InChI=1S/C20H13BrN2O4/c21-13-5-1-6-14(10-13)23-17(12-4-2-8-22-11-12)16(19(25)20(23)26)18(24)15-7-3-9-27-15/h1-11,17,25H. The Labute approximate surface area is 162 Å². The summed E-state index contributed by atoms with van der Waals surface area (Å²) in [6, 6.07) is 12.8. The highest BCUT2D eigenvalue weighted by molar-refractivity contribution is 9.10. The van der Waals surface area contributed by atoms with Gasteiger partial charge in [0.1, 0.15) is 0 Å². The molecule has 3 heterocycles. The lowest BCUT2D eigenvalue weighted by atomic mass is 9.96. The molecule has 1 N–H and O–H groups in total. The lowest BCUT2D eigenvalue weighted by molar-refractivity contribution is -0.117. The number of ketones is 1. The van der Waals surface area contributed by atoms with E-state index in [0.29, 0.717) is 11.3 Å². The van der Waals surface area contributed by atoms with Crippen molar-refractivity contribution in [2.45, 2.75) is 6.04 Å². The predicted octanol–water partition coefficient (Wildman–Crippen LogP) is 4.22. The number of aliphatic hydroxyl groups excluding tert-OH is 1. The summed E-state index contributed by atoms with van der Waals surface area (Å²) in [5, 5.41) is 10.6. The first kappa shape index (κ1) is 17.2. The van der Waals surface area contributed by atoms with E-state index < -0.39 is 23.5 Å². The van der Waals surface area contributed by atoms with Crippen LogP contribution < -0.4 is 4.90 Å². The molecular formula is C20H13BrN2O4. The van der Waals surface area contributed by atoms with Crippen LogP contribution in [0.3, 0.4) is 0 Å². The van der Waals surface area contributed by atoms with Crippen LogP contribution in [0.4, 0.5) is 5.69 Å². The average molecular weight is 425 g/mol. The van der Waals surface area contributed by atoms with Crippen molar-refractivity contribution in [1.29, 1.82) is 0 Å². The second-order valence-electron chi connectivity index (χ2n) is 5.91. The van der Waals surface area contributed by atoms with Gasteiger partial charge in [-0.25, -0.2) is 0 Å². The minimum absolute atomic E-state index is 0.0390. The molecule has 0 radical (unpaired) electrons.